The molecule has 3 rings (SSSR count). The fourth-order valence-electron chi connectivity index (χ4n) is 2.46. The number of hydrazone groups is 1. The lowest BCUT2D eigenvalue weighted by Gasteiger charge is -2.28. The zero-order valence-corrected chi connectivity index (χ0v) is 12.7. The molecule has 3 heterocycles. The van der Waals surface area contributed by atoms with E-state index in [0.717, 1.165) is 24.5 Å². The van der Waals surface area contributed by atoms with Gasteiger partial charge in [0.25, 0.3) is 5.91 Å². The Morgan fingerprint density at radius 1 is 1.35 bits per heavy atom. The summed E-state index contributed by atoms with van der Waals surface area (Å²) in [6.45, 7) is 3.44. The van der Waals surface area contributed by atoms with E-state index in [0.29, 0.717) is 38.3 Å². The van der Waals surface area contributed by atoms with Gasteiger partial charge in [-0.3, -0.25) is 9.59 Å². The van der Waals surface area contributed by atoms with Crippen molar-refractivity contribution in [3.63, 3.8) is 0 Å². The van der Waals surface area contributed by atoms with Gasteiger partial charge < -0.3 is 15.0 Å². The molecule has 122 valence electrons. The molecule has 0 saturated carbocycles. The molecule has 0 unspecified atom stereocenters. The van der Waals surface area contributed by atoms with Crippen LogP contribution in [0.3, 0.4) is 0 Å². The molecule has 1 fully saturated rings. The van der Waals surface area contributed by atoms with Crippen molar-refractivity contribution in [3.05, 3.63) is 23.9 Å². The topological polar surface area (TPSA) is 95.9 Å². The number of nitrogens with zero attached hydrogens (tertiary/aromatic N) is 3. The summed E-state index contributed by atoms with van der Waals surface area (Å²) in [7, 11) is 0. The van der Waals surface area contributed by atoms with E-state index in [9.17, 15) is 9.59 Å². The number of carbonyl (C=O) groups is 2. The third-order valence-electron chi connectivity index (χ3n) is 3.76. The lowest BCUT2D eigenvalue weighted by atomic mass is 10.1. The van der Waals surface area contributed by atoms with Crippen LogP contribution in [0.1, 0.15) is 18.4 Å². The van der Waals surface area contributed by atoms with Gasteiger partial charge in [-0.1, -0.05) is 0 Å². The van der Waals surface area contributed by atoms with Gasteiger partial charge in [0.15, 0.2) is 0 Å². The van der Waals surface area contributed by atoms with Crippen molar-refractivity contribution < 1.29 is 14.3 Å². The first-order chi connectivity index (χ1) is 11.2. The van der Waals surface area contributed by atoms with E-state index in [1.807, 2.05) is 12.1 Å². The van der Waals surface area contributed by atoms with Gasteiger partial charge in [0.1, 0.15) is 11.5 Å². The van der Waals surface area contributed by atoms with Crippen LogP contribution in [0.2, 0.25) is 0 Å². The van der Waals surface area contributed by atoms with Crippen LogP contribution < -0.4 is 15.6 Å². The van der Waals surface area contributed by atoms with E-state index in [2.05, 4.69) is 25.7 Å². The molecule has 0 radical (unpaired) electrons. The fourth-order valence-corrected chi connectivity index (χ4v) is 2.46. The number of nitrogens with one attached hydrogen (secondary N) is 2. The molecular formula is C15H19N5O3. The van der Waals surface area contributed by atoms with Crippen molar-refractivity contribution in [1.29, 1.82) is 0 Å². The third-order valence-corrected chi connectivity index (χ3v) is 3.76. The molecule has 23 heavy (non-hydrogen) atoms. The molecule has 1 saturated heterocycles. The monoisotopic (exact) mass is 317 g/mol. The Morgan fingerprint density at radius 3 is 2.91 bits per heavy atom. The molecule has 0 aromatic carbocycles. The molecule has 2 N–H and O–H groups in total. The maximum Gasteiger partial charge on any atom is 0.267 e. The predicted octanol–water partition coefficient (Wildman–Crippen LogP) is -0.200. The quantitative estimate of drug-likeness (QED) is 0.802. The Balaban J connectivity index is 1.57. The lowest BCUT2D eigenvalue weighted by molar-refractivity contribution is -0.121. The lowest BCUT2D eigenvalue weighted by Crippen LogP contribution is -2.37. The minimum atomic E-state index is -0.255. The Bertz CT molecular complexity index is 625. The van der Waals surface area contributed by atoms with Crippen LogP contribution in [-0.2, 0) is 20.9 Å². The van der Waals surface area contributed by atoms with Gasteiger partial charge in [0.05, 0.1) is 13.2 Å². The van der Waals surface area contributed by atoms with E-state index in [1.54, 1.807) is 6.20 Å². The standard InChI is InChI=1S/C15H19N5O3/c21-14-2-1-12(18-19-14)15(22)17-10-11-3-4-16-13(9-11)20-5-7-23-8-6-20/h3-4,9H,1-2,5-8,10H2,(H,17,22)(H,19,21). The third kappa shape index (κ3) is 4.04. The maximum atomic E-state index is 12.0. The zero-order chi connectivity index (χ0) is 16.1. The summed E-state index contributed by atoms with van der Waals surface area (Å²) < 4.78 is 5.34. The van der Waals surface area contributed by atoms with Gasteiger partial charge >= 0.3 is 0 Å². The number of morpholine rings is 1. The second-order valence-corrected chi connectivity index (χ2v) is 5.40. The van der Waals surface area contributed by atoms with Crippen molar-refractivity contribution in [2.24, 2.45) is 5.10 Å². The molecule has 0 spiro atoms. The largest absolute Gasteiger partial charge is 0.378 e. The summed E-state index contributed by atoms with van der Waals surface area (Å²) in [6, 6.07) is 3.84. The predicted molar refractivity (Wildman–Crippen MR) is 83.9 cm³/mol. The average Bonchev–Trinajstić information content (AvgIpc) is 2.61. The van der Waals surface area contributed by atoms with Gasteiger partial charge in [0, 0.05) is 38.7 Å². The Kier molecular flexibility index (Phi) is 4.82. The fraction of sp³-hybridized carbons (Fsp3) is 0.467. The summed E-state index contributed by atoms with van der Waals surface area (Å²) in [4.78, 5) is 29.6. The van der Waals surface area contributed by atoms with Gasteiger partial charge in [-0.15, -0.1) is 0 Å². The smallest absolute Gasteiger partial charge is 0.267 e. The van der Waals surface area contributed by atoms with Crippen LogP contribution >= 0.6 is 0 Å². The molecule has 8 heteroatoms. The van der Waals surface area contributed by atoms with Crippen LogP contribution in [0.25, 0.3) is 0 Å². The SMILES string of the molecule is O=C1CCC(C(=O)NCc2ccnc(N3CCOCC3)c2)=NN1. The number of rotatable bonds is 4. The molecule has 2 aliphatic heterocycles. The minimum absolute atomic E-state index is 0.161. The van der Waals surface area contributed by atoms with Crippen LogP contribution in [0.15, 0.2) is 23.4 Å². The van der Waals surface area contributed by atoms with Crippen molar-refractivity contribution >= 4 is 23.3 Å². The molecule has 2 aliphatic rings. The highest BCUT2D eigenvalue weighted by Crippen LogP contribution is 2.14. The number of pyridine rings is 1. The van der Waals surface area contributed by atoms with E-state index >= 15 is 0 Å². The Hall–Kier alpha value is -2.48. The zero-order valence-electron chi connectivity index (χ0n) is 12.7. The van der Waals surface area contributed by atoms with Crippen molar-refractivity contribution in [1.82, 2.24) is 15.7 Å². The summed E-state index contributed by atoms with van der Waals surface area (Å²) in [5.74, 6) is 0.475. The van der Waals surface area contributed by atoms with Crippen molar-refractivity contribution in [2.75, 3.05) is 31.2 Å². The number of ether oxygens (including phenoxy) is 1. The molecule has 0 bridgehead atoms. The van der Waals surface area contributed by atoms with Gasteiger partial charge in [-0.05, 0) is 17.7 Å². The number of carbonyl (C=O) groups excluding carboxylic acids is 2. The second-order valence-electron chi connectivity index (χ2n) is 5.40. The van der Waals surface area contributed by atoms with E-state index in [1.165, 1.54) is 0 Å². The molecule has 0 aliphatic carbocycles. The van der Waals surface area contributed by atoms with Crippen LogP contribution in [-0.4, -0.2) is 48.8 Å². The number of anilines is 1. The van der Waals surface area contributed by atoms with Crippen molar-refractivity contribution in [3.8, 4) is 0 Å². The van der Waals surface area contributed by atoms with Gasteiger partial charge in [-0.2, -0.15) is 5.10 Å². The second kappa shape index (κ2) is 7.19. The van der Waals surface area contributed by atoms with E-state index in [-0.39, 0.29) is 11.8 Å². The number of hydrogen-bond acceptors (Lipinski definition) is 6. The average molecular weight is 317 g/mol. The molecule has 1 aromatic heterocycles. The first kappa shape index (κ1) is 15.4. The summed E-state index contributed by atoms with van der Waals surface area (Å²) in [6.07, 6.45) is 2.40. The van der Waals surface area contributed by atoms with E-state index in [4.69, 9.17) is 4.74 Å². The number of hydrogen-bond donors (Lipinski definition) is 2. The molecule has 0 atom stereocenters. The number of amides is 2. The molecule has 2 amide bonds. The highest BCUT2D eigenvalue weighted by atomic mass is 16.5. The van der Waals surface area contributed by atoms with Crippen LogP contribution in [0.4, 0.5) is 5.82 Å². The molecule has 8 nitrogen and oxygen atoms in total. The normalized spacial score (nSPS) is 18.2. The highest BCUT2D eigenvalue weighted by molar-refractivity contribution is 6.39. The van der Waals surface area contributed by atoms with Crippen LogP contribution in [0, 0.1) is 0 Å². The maximum absolute atomic E-state index is 12.0. The Labute approximate surface area is 133 Å². The molecule has 1 aromatic rings. The summed E-state index contributed by atoms with van der Waals surface area (Å²) in [5.41, 5.74) is 3.64. The minimum Gasteiger partial charge on any atom is -0.378 e. The highest BCUT2D eigenvalue weighted by Gasteiger charge is 2.18. The molecular weight excluding hydrogens is 298 g/mol. The Morgan fingerprint density at radius 2 is 2.17 bits per heavy atom. The van der Waals surface area contributed by atoms with E-state index < -0.39 is 0 Å². The summed E-state index contributed by atoms with van der Waals surface area (Å²) in [5, 5.41) is 6.61. The van der Waals surface area contributed by atoms with Gasteiger partial charge in [-0.25, -0.2) is 10.4 Å². The summed E-state index contributed by atoms with van der Waals surface area (Å²) >= 11 is 0. The van der Waals surface area contributed by atoms with Crippen LogP contribution in [0.5, 0.6) is 0 Å². The van der Waals surface area contributed by atoms with Gasteiger partial charge in [0.2, 0.25) is 5.91 Å². The first-order valence-corrected chi connectivity index (χ1v) is 7.63. The first-order valence-electron chi connectivity index (χ1n) is 7.63. The van der Waals surface area contributed by atoms with Crippen molar-refractivity contribution in [2.45, 2.75) is 19.4 Å². The number of aromatic nitrogens is 1.